The molecule has 2 N–H and O–H groups in total. The van der Waals surface area contributed by atoms with Gasteiger partial charge in [0, 0.05) is 18.2 Å². The lowest BCUT2D eigenvalue weighted by atomic mass is 9.88. The smallest absolute Gasteiger partial charge is 0.307 e. The van der Waals surface area contributed by atoms with Crippen LogP contribution in [0.3, 0.4) is 0 Å². The average molecular weight is 366 g/mol. The summed E-state index contributed by atoms with van der Waals surface area (Å²) in [7, 11) is 0. The largest absolute Gasteiger partial charge is 0.481 e. The lowest BCUT2D eigenvalue weighted by Gasteiger charge is -2.39. The van der Waals surface area contributed by atoms with Crippen molar-refractivity contribution in [3.8, 4) is 0 Å². The number of para-hydroxylation sites is 1. The number of benzene rings is 2. The zero-order chi connectivity index (χ0) is 19.2. The molecule has 3 rings (SSSR count). The second-order valence-corrected chi connectivity index (χ2v) is 7.17. The molecule has 1 heterocycles. The van der Waals surface area contributed by atoms with E-state index in [1.807, 2.05) is 72.5 Å². The molecule has 3 atom stereocenters. The number of nitrogens with one attached hydrogen (secondary N) is 1. The summed E-state index contributed by atoms with van der Waals surface area (Å²) in [6, 6.07) is 18.9. The second-order valence-electron chi connectivity index (χ2n) is 7.17. The molecule has 0 aliphatic carbocycles. The number of carbonyl (C=O) groups is 2. The third-order valence-electron chi connectivity index (χ3n) is 5.30. The first-order valence-corrected chi connectivity index (χ1v) is 9.44. The predicted molar refractivity (Wildman–Crippen MR) is 106 cm³/mol. The van der Waals surface area contributed by atoms with E-state index in [-0.39, 0.29) is 11.8 Å². The van der Waals surface area contributed by atoms with E-state index in [0.29, 0.717) is 13.0 Å². The molecule has 2 aromatic rings. The number of carboxylic acids is 1. The molecule has 3 unspecified atom stereocenters. The van der Waals surface area contributed by atoms with Crippen molar-refractivity contribution in [2.24, 2.45) is 5.92 Å². The molecular formula is C22H26N2O3. The zero-order valence-electron chi connectivity index (χ0n) is 15.5. The Hall–Kier alpha value is -2.66. The van der Waals surface area contributed by atoms with Gasteiger partial charge in [0.05, 0.1) is 12.0 Å². The number of anilines is 1. The first-order chi connectivity index (χ1) is 13.1. The maximum Gasteiger partial charge on any atom is 0.307 e. The number of aliphatic carboxylic acids is 1. The highest BCUT2D eigenvalue weighted by molar-refractivity contribution is 5.95. The van der Waals surface area contributed by atoms with Crippen LogP contribution in [0.2, 0.25) is 0 Å². The summed E-state index contributed by atoms with van der Waals surface area (Å²) in [4.78, 5) is 26.7. The van der Waals surface area contributed by atoms with Gasteiger partial charge >= 0.3 is 5.97 Å². The van der Waals surface area contributed by atoms with E-state index in [1.165, 1.54) is 0 Å². The summed E-state index contributed by atoms with van der Waals surface area (Å²) in [6.45, 7) is 3.17. The molecule has 1 aliphatic heterocycles. The number of carboxylic acid groups (broad SMARTS) is 1. The van der Waals surface area contributed by atoms with E-state index in [4.69, 9.17) is 0 Å². The molecular weight excluding hydrogens is 340 g/mol. The Morgan fingerprint density at radius 3 is 2.33 bits per heavy atom. The first-order valence-electron chi connectivity index (χ1n) is 9.44. The van der Waals surface area contributed by atoms with Crippen molar-refractivity contribution in [3.05, 3.63) is 66.2 Å². The van der Waals surface area contributed by atoms with Crippen LogP contribution in [0.4, 0.5) is 5.69 Å². The van der Waals surface area contributed by atoms with Crippen LogP contribution in [0.1, 0.15) is 31.2 Å². The van der Waals surface area contributed by atoms with E-state index in [1.54, 1.807) is 0 Å². The molecule has 1 aliphatic rings. The minimum absolute atomic E-state index is 0.0533. The Labute approximate surface area is 160 Å². The molecule has 0 aromatic heterocycles. The molecule has 142 valence electrons. The normalized spacial score (nSPS) is 19.8. The van der Waals surface area contributed by atoms with Gasteiger partial charge < -0.3 is 10.4 Å². The quantitative estimate of drug-likeness (QED) is 0.820. The van der Waals surface area contributed by atoms with Gasteiger partial charge in [0.1, 0.15) is 0 Å². The molecule has 5 nitrogen and oxygen atoms in total. The molecule has 1 fully saturated rings. The van der Waals surface area contributed by atoms with Gasteiger partial charge in [0.2, 0.25) is 5.91 Å². The minimum Gasteiger partial charge on any atom is -0.481 e. The van der Waals surface area contributed by atoms with Crippen molar-refractivity contribution in [1.29, 1.82) is 0 Å². The van der Waals surface area contributed by atoms with Crippen molar-refractivity contribution in [3.63, 3.8) is 0 Å². The first kappa shape index (κ1) is 19.1. The number of likely N-dealkylation sites (tertiary alicyclic amines) is 1. The number of hydrogen-bond donors (Lipinski definition) is 2. The highest BCUT2D eigenvalue weighted by atomic mass is 16.4. The van der Waals surface area contributed by atoms with Gasteiger partial charge in [-0.2, -0.15) is 0 Å². The number of hydrogen-bond acceptors (Lipinski definition) is 3. The standard InChI is InChI=1S/C22H26N2O3/c1-16(17-9-4-2-5-10-17)20(21(25)23-19-12-6-3-7-13-19)24-14-8-11-18(15-24)22(26)27/h2-7,9-10,12-13,16,18,20H,8,11,14-15H2,1H3,(H,23,25)(H,26,27). The van der Waals surface area contributed by atoms with Crippen molar-refractivity contribution in [2.45, 2.75) is 31.7 Å². The summed E-state index contributed by atoms with van der Waals surface area (Å²) < 4.78 is 0. The van der Waals surface area contributed by atoms with Gasteiger partial charge in [-0.05, 0) is 37.1 Å². The predicted octanol–water partition coefficient (Wildman–Crippen LogP) is 3.59. The number of carbonyl (C=O) groups excluding carboxylic acids is 1. The summed E-state index contributed by atoms with van der Waals surface area (Å²) >= 11 is 0. The Kier molecular flexibility index (Phi) is 6.24. The van der Waals surface area contributed by atoms with Gasteiger partial charge in [-0.15, -0.1) is 0 Å². The van der Waals surface area contributed by atoms with Crippen LogP contribution in [0.5, 0.6) is 0 Å². The van der Waals surface area contributed by atoms with Crippen LogP contribution in [-0.4, -0.2) is 41.0 Å². The highest BCUT2D eigenvalue weighted by Gasteiger charge is 2.36. The molecule has 2 aromatic carbocycles. The monoisotopic (exact) mass is 366 g/mol. The fourth-order valence-corrected chi connectivity index (χ4v) is 3.85. The van der Waals surface area contributed by atoms with Crippen LogP contribution in [0, 0.1) is 5.92 Å². The fraction of sp³-hybridized carbons (Fsp3) is 0.364. The summed E-state index contributed by atoms with van der Waals surface area (Å²) in [6.07, 6.45) is 1.45. The Morgan fingerprint density at radius 1 is 1.07 bits per heavy atom. The summed E-state index contributed by atoms with van der Waals surface area (Å²) in [5.74, 6) is -1.35. The van der Waals surface area contributed by atoms with Crippen molar-refractivity contribution in [2.75, 3.05) is 18.4 Å². The number of piperidine rings is 1. The second kappa shape index (κ2) is 8.82. The van der Waals surface area contributed by atoms with E-state index in [0.717, 1.165) is 24.2 Å². The van der Waals surface area contributed by atoms with Crippen LogP contribution in [-0.2, 0) is 9.59 Å². The highest BCUT2D eigenvalue weighted by Crippen LogP contribution is 2.28. The van der Waals surface area contributed by atoms with Crippen LogP contribution >= 0.6 is 0 Å². The third kappa shape index (κ3) is 4.74. The molecule has 0 spiro atoms. The SMILES string of the molecule is CC(c1ccccc1)C(C(=O)Nc1ccccc1)N1CCCC(C(=O)O)C1. The van der Waals surface area contributed by atoms with Gasteiger partial charge in [-0.1, -0.05) is 55.5 Å². The zero-order valence-corrected chi connectivity index (χ0v) is 15.5. The van der Waals surface area contributed by atoms with E-state index in [2.05, 4.69) is 5.32 Å². The van der Waals surface area contributed by atoms with Crippen LogP contribution in [0.25, 0.3) is 0 Å². The lowest BCUT2D eigenvalue weighted by Crippen LogP contribution is -2.52. The molecule has 27 heavy (non-hydrogen) atoms. The molecule has 0 bridgehead atoms. The van der Waals surface area contributed by atoms with Gasteiger partial charge in [-0.25, -0.2) is 0 Å². The maximum absolute atomic E-state index is 13.2. The molecule has 0 saturated carbocycles. The van der Waals surface area contributed by atoms with E-state index >= 15 is 0 Å². The van der Waals surface area contributed by atoms with Crippen molar-refractivity contribution in [1.82, 2.24) is 4.90 Å². The minimum atomic E-state index is -0.783. The Bertz CT molecular complexity index is 764. The van der Waals surface area contributed by atoms with E-state index in [9.17, 15) is 14.7 Å². The van der Waals surface area contributed by atoms with Crippen molar-refractivity contribution >= 4 is 17.6 Å². The molecule has 1 amide bonds. The summed E-state index contributed by atoms with van der Waals surface area (Å²) in [5.41, 5.74) is 1.82. The number of rotatable bonds is 6. The third-order valence-corrected chi connectivity index (χ3v) is 5.30. The fourth-order valence-electron chi connectivity index (χ4n) is 3.85. The maximum atomic E-state index is 13.2. The van der Waals surface area contributed by atoms with Crippen LogP contribution in [0.15, 0.2) is 60.7 Å². The van der Waals surface area contributed by atoms with Gasteiger partial charge in [-0.3, -0.25) is 14.5 Å². The van der Waals surface area contributed by atoms with E-state index < -0.39 is 17.9 Å². The number of nitrogens with zero attached hydrogens (tertiary/aromatic N) is 1. The summed E-state index contributed by atoms with van der Waals surface area (Å²) in [5, 5.41) is 12.4. The lowest BCUT2D eigenvalue weighted by molar-refractivity contribution is -0.145. The van der Waals surface area contributed by atoms with Crippen molar-refractivity contribution < 1.29 is 14.7 Å². The molecule has 5 heteroatoms. The van der Waals surface area contributed by atoms with Gasteiger partial charge in [0.25, 0.3) is 0 Å². The Morgan fingerprint density at radius 2 is 1.70 bits per heavy atom. The Balaban J connectivity index is 1.86. The molecule has 1 saturated heterocycles. The topological polar surface area (TPSA) is 69.6 Å². The number of amides is 1. The van der Waals surface area contributed by atoms with Crippen LogP contribution < -0.4 is 5.32 Å². The average Bonchev–Trinajstić information content (AvgIpc) is 2.69. The van der Waals surface area contributed by atoms with Gasteiger partial charge in [0.15, 0.2) is 0 Å². The molecule has 0 radical (unpaired) electrons.